The van der Waals surface area contributed by atoms with Gasteiger partial charge in [0.2, 0.25) is 17.5 Å². The van der Waals surface area contributed by atoms with Crippen LogP contribution in [0, 0.1) is 5.92 Å². The fourth-order valence-corrected chi connectivity index (χ4v) is 5.33. The second-order valence-corrected chi connectivity index (χ2v) is 8.94. The number of fused-ring (bicyclic) bond motifs is 2. The van der Waals surface area contributed by atoms with Gasteiger partial charge >= 0.3 is 0 Å². The molecule has 4 aliphatic rings. The summed E-state index contributed by atoms with van der Waals surface area (Å²) in [4.78, 5) is 10.9. The minimum Gasteiger partial charge on any atom is -0.497 e. The molecule has 1 aromatic heterocycles. The molecule has 3 fully saturated rings. The summed E-state index contributed by atoms with van der Waals surface area (Å²) in [5.41, 5.74) is 1.29. The van der Waals surface area contributed by atoms with Crippen molar-refractivity contribution in [3.05, 3.63) is 60.0 Å². The molecule has 0 aliphatic carbocycles. The maximum Gasteiger partial charge on any atom is 0.287 e. The maximum absolute atomic E-state index is 6.28. The molecule has 0 amide bonds. The summed E-state index contributed by atoms with van der Waals surface area (Å²) in [5.74, 6) is 3.21. The zero-order valence-corrected chi connectivity index (χ0v) is 19.3. The Labute approximate surface area is 197 Å². The van der Waals surface area contributed by atoms with Crippen LogP contribution in [0.4, 0.5) is 0 Å². The monoisotopic (exact) mass is 461 g/mol. The number of methoxy groups -OCH3 is 2. The first kappa shape index (κ1) is 21.0. The van der Waals surface area contributed by atoms with Crippen molar-refractivity contribution < 1.29 is 18.7 Å². The van der Waals surface area contributed by atoms with Gasteiger partial charge in [-0.1, -0.05) is 23.4 Å². The summed E-state index contributed by atoms with van der Waals surface area (Å²) >= 11 is 0. The van der Waals surface area contributed by atoms with Crippen LogP contribution in [0.1, 0.15) is 24.3 Å². The van der Waals surface area contributed by atoms with Crippen LogP contribution in [0.5, 0.6) is 11.5 Å². The summed E-state index contributed by atoms with van der Waals surface area (Å²) in [6, 6.07) is 15.6. The van der Waals surface area contributed by atoms with Crippen molar-refractivity contribution in [2.24, 2.45) is 11.1 Å². The van der Waals surface area contributed by atoms with Gasteiger partial charge in [0.15, 0.2) is 0 Å². The summed E-state index contributed by atoms with van der Waals surface area (Å²) in [6.45, 7) is 3.48. The average Bonchev–Trinajstić information content (AvgIpc) is 3.51. The van der Waals surface area contributed by atoms with E-state index in [1.807, 2.05) is 48.5 Å². The van der Waals surface area contributed by atoms with Crippen LogP contribution < -0.4 is 9.47 Å². The van der Waals surface area contributed by atoms with Crippen molar-refractivity contribution in [3.63, 3.8) is 0 Å². The number of rotatable bonds is 6. The molecule has 2 bridgehead atoms. The highest BCUT2D eigenvalue weighted by molar-refractivity contribution is 5.95. The maximum atomic E-state index is 6.28. The van der Waals surface area contributed by atoms with E-state index >= 15 is 0 Å². The quantitative estimate of drug-likeness (QED) is 0.552. The second-order valence-electron chi connectivity index (χ2n) is 8.94. The predicted octanol–water partition coefficient (Wildman–Crippen LogP) is 3.37. The highest BCUT2D eigenvalue weighted by Crippen LogP contribution is 2.45. The van der Waals surface area contributed by atoms with Gasteiger partial charge in [-0.25, -0.2) is 0 Å². The molecule has 3 aromatic rings. The molecule has 1 spiro atoms. The van der Waals surface area contributed by atoms with Gasteiger partial charge in [0.05, 0.1) is 27.3 Å². The first-order chi connectivity index (χ1) is 16.7. The summed E-state index contributed by atoms with van der Waals surface area (Å²) < 4.78 is 17.2. The third-order valence-electron chi connectivity index (χ3n) is 7.14. The van der Waals surface area contributed by atoms with Crippen molar-refractivity contribution in [1.82, 2.24) is 20.0 Å². The highest BCUT2D eigenvalue weighted by atomic mass is 16.7. The third-order valence-corrected chi connectivity index (χ3v) is 7.14. The van der Waals surface area contributed by atoms with Crippen LogP contribution in [0.2, 0.25) is 0 Å². The number of hydrogen-bond donors (Lipinski definition) is 0. The van der Waals surface area contributed by atoms with Crippen LogP contribution in [0.25, 0.3) is 11.5 Å². The molecule has 2 aromatic carbocycles. The lowest BCUT2D eigenvalue weighted by molar-refractivity contribution is -0.198. The topological polar surface area (TPSA) is 85.5 Å². The van der Waals surface area contributed by atoms with Crippen molar-refractivity contribution in [1.29, 1.82) is 0 Å². The Morgan fingerprint density at radius 1 is 1.00 bits per heavy atom. The second kappa shape index (κ2) is 8.32. The van der Waals surface area contributed by atoms with E-state index in [9.17, 15) is 0 Å². The lowest BCUT2D eigenvalue weighted by Gasteiger charge is -2.52. The smallest absolute Gasteiger partial charge is 0.287 e. The molecular weight excluding hydrogens is 434 g/mol. The SMILES string of the molecule is COc1ccc(CN2C(c3nnc(-c4ccccc4)o3)=NOC23CN2CCC3CC2)c(OC)c1. The van der Waals surface area contributed by atoms with Gasteiger partial charge in [0.1, 0.15) is 11.5 Å². The van der Waals surface area contributed by atoms with Crippen molar-refractivity contribution in [3.8, 4) is 23.0 Å². The first-order valence-corrected chi connectivity index (χ1v) is 11.6. The molecule has 9 nitrogen and oxygen atoms in total. The van der Waals surface area contributed by atoms with E-state index in [2.05, 4.69) is 25.2 Å². The molecule has 4 aliphatic heterocycles. The first-order valence-electron chi connectivity index (χ1n) is 11.6. The van der Waals surface area contributed by atoms with E-state index in [1.165, 1.54) is 0 Å². The van der Waals surface area contributed by atoms with E-state index in [1.54, 1.807) is 14.2 Å². The third kappa shape index (κ3) is 3.38. The number of aromatic nitrogens is 2. The number of amidine groups is 1. The van der Waals surface area contributed by atoms with Crippen molar-refractivity contribution >= 4 is 5.84 Å². The number of oxime groups is 1. The fourth-order valence-electron chi connectivity index (χ4n) is 5.33. The van der Waals surface area contributed by atoms with Gasteiger partial charge < -0.3 is 23.6 Å². The van der Waals surface area contributed by atoms with Gasteiger partial charge in [0, 0.05) is 23.1 Å². The molecule has 7 rings (SSSR count). The van der Waals surface area contributed by atoms with Gasteiger partial charge in [-0.3, -0.25) is 4.90 Å². The highest BCUT2D eigenvalue weighted by Gasteiger charge is 2.58. The number of nitrogens with zero attached hydrogens (tertiary/aromatic N) is 5. The van der Waals surface area contributed by atoms with Crippen LogP contribution in [-0.4, -0.2) is 65.4 Å². The zero-order valence-electron chi connectivity index (χ0n) is 19.3. The standard InChI is InChI=1S/C25H27N5O4/c1-31-20-9-8-18(21(14-20)32-2)15-30-22(24-27-26-23(33-24)17-6-4-3-5-7-17)28-34-25(30)16-29-12-10-19(25)11-13-29/h3-9,14,19H,10-13,15-16H2,1-2H3. The van der Waals surface area contributed by atoms with Gasteiger partial charge in [-0.2, -0.15) is 0 Å². The van der Waals surface area contributed by atoms with Crippen LogP contribution in [-0.2, 0) is 11.4 Å². The van der Waals surface area contributed by atoms with E-state index in [4.69, 9.17) is 18.7 Å². The van der Waals surface area contributed by atoms with Gasteiger partial charge in [-0.05, 0) is 50.2 Å². The normalized spacial score (nSPS) is 25.4. The Morgan fingerprint density at radius 3 is 2.50 bits per heavy atom. The Kier molecular flexibility index (Phi) is 5.13. The van der Waals surface area contributed by atoms with Crippen molar-refractivity contribution in [2.75, 3.05) is 33.9 Å². The molecule has 34 heavy (non-hydrogen) atoms. The van der Waals surface area contributed by atoms with Gasteiger partial charge in [0.25, 0.3) is 5.89 Å². The number of piperidine rings is 3. The van der Waals surface area contributed by atoms with E-state index in [0.717, 1.165) is 55.1 Å². The molecule has 0 radical (unpaired) electrons. The Bertz CT molecular complexity index is 1210. The summed E-state index contributed by atoms with van der Waals surface area (Å²) in [7, 11) is 3.32. The van der Waals surface area contributed by atoms with Gasteiger partial charge in [-0.15, -0.1) is 10.2 Å². The van der Waals surface area contributed by atoms with Crippen LogP contribution in [0.3, 0.4) is 0 Å². The minimum atomic E-state index is -0.571. The largest absolute Gasteiger partial charge is 0.497 e. The zero-order chi connectivity index (χ0) is 23.1. The molecule has 5 heterocycles. The van der Waals surface area contributed by atoms with E-state index < -0.39 is 5.72 Å². The Hall–Kier alpha value is -3.59. The molecule has 0 N–H and O–H groups in total. The molecule has 176 valence electrons. The fraction of sp³-hybridized carbons (Fsp3) is 0.400. The number of benzene rings is 2. The molecule has 1 unspecified atom stereocenters. The Morgan fingerprint density at radius 2 is 1.79 bits per heavy atom. The molecule has 1 atom stereocenters. The van der Waals surface area contributed by atoms with E-state index in [-0.39, 0.29) is 0 Å². The van der Waals surface area contributed by atoms with Crippen LogP contribution in [0.15, 0.2) is 58.1 Å². The summed E-state index contributed by atoms with van der Waals surface area (Å²) in [6.07, 6.45) is 2.14. The van der Waals surface area contributed by atoms with Crippen LogP contribution >= 0.6 is 0 Å². The van der Waals surface area contributed by atoms with E-state index in [0.29, 0.717) is 30.1 Å². The summed E-state index contributed by atoms with van der Waals surface area (Å²) in [5, 5.41) is 13.2. The average molecular weight is 462 g/mol. The predicted molar refractivity (Wildman–Crippen MR) is 124 cm³/mol. The minimum absolute atomic E-state index is 0.347. The number of hydrogen-bond acceptors (Lipinski definition) is 9. The lowest BCUT2D eigenvalue weighted by atomic mass is 9.79. The number of ether oxygens (including phenoxy) is 2. The van der Waals surface area contributed by atoms with Crippen molar-refractivity contribution in [2.45, 2.75) is 25.1 Å². The molecule has 3 saturated heterocycles. The molecular formula is C25H27N5O4. The lowest BCUT2D eigenvalue weighted by Crippen LogP contribution is -2.66. The Balaban J connectivity index is 1.38. The molecule has 9 heteroatoms. The molecule has 0 saturated carbocycles.